The van der Waals surface area contributed by atoms with Crippen molar-refractivity contribution in [1.29, 1.82) is 0 Å². The van der Waals surface area contributed by atoms with Crippen LogP contribution in [0.15, 0.2) is 0 Å². The third-order valence-corrected chi connectivity index (χ3v) is 6.74. The van der Waals surface area contributed by atoms with Gasteiger partial charge in [0.05, 0.1) is 12.6 Å². The minimum absolute atomic E-state index is 0.128. The van der Waals surface area contributed by atoms with Crippen molar-refractivity contribution in [2.75, 3.05) is 20.0 Å². The molecule has 4 rings (SSSR count). The average Bonchev–Trinajstić information content (AvgIpc) is 2.63. The van der Waals surface area contributed by atoms with E-state index in [4.69, 9.17) is 14.7 Å². The summed E-state index contributed by atoms with van der Waals surface area (Å²) in [5.74, 6) is 1.36. The van der Waals surface area contributed by atoms with Gasteiger partial charge in [-0.1, -0.05) is 6.92 Å². The van der Waals surface area contributed by atoms with Crippen molar-refractivity contribution in [3.05, 3.63) is 0 Å². The van der Waals surface area contributed by atoms with Gasteiger partial charge in [0.15, 0.2) is 0 Å². The number of hydrogen-bond acceptors (Lipinski definition) is 5. The summed E-state index contributed by atoms with van der Waals surface area (Å²) in [4.78, 5) is 25.0. The van der Waals surface area contributed by atoms with Gasteiger partial charge >= 0.3 is 0 Å². The van der Waals surface area contributed by atoms with Crippen LogP contribution in [0.1, 0.15) is 58.8 Å². The van der Waals surface area contributed by atoms with Crippen molar-refractivity contribution in [2.24, 2.45) is 29.1 Å². The number of hydroxylamine groups is 1. The Morgan fingerprint density at radius 1 is 1.11 bits per heavy atom. The highest BCUT2D eigenvalue weighted by molar-refractivity contribution is 5.83. The van der Waals surface area contributed by atoms with Crippen molar-refractivity contribution in [3.8, 4) is 0 Å². The third-order valence-electron chi connectivity index (χ3n) is 6.74. The molecule has 0 radical (unpaired) electrons. The van der Waals surface area contributed by atoms with E-state index in [2.05, 4.69) is 5.32 Å². The molecular weight excluding hydrogens is 348 g/mol. The zero-order valence-corrected chi connectivity index (χ0v) is 16.5. The van der Waals surface area contributed by atoms with E-state index in [1.165, 1.54) is 19.3 Å². The fourth-order valence-electron chi connectivity index (χ4n) is 5.87. The molecule has 2 atom stereocenters. The van der Waals surface area contributed by atoms with E-state index in [1.54, 1.807) is 12.4 Å². The van der Waals surface area contributed by atoms with E-state index in [1.807, 2.05) is 6.92 Å². The molecule has 4 aliphatic rings. The SMILES string of the molecule is CCOCOCC(CC(C)C(=O)NO)NC(=O)C12CC3CC(CC(C3)C1)C2. The van der Waals surface area contributed by atoms with Crippen LogP contribution in [0.5, 0.6) is 0 Å². The normalized spacial score (nSPS) is 33.5. The summed E-state index contributed by atoms with van der Waals surface area (Å²) in [6.45, 7) is 4.65. The van der Waals surface area contributed by atoms with Gasteiger partial charge in [0, 0.05) is 17.9 Å². The van der Waals surface area contributed by atoms with Crippen LogP contribution in [0.2, 0.25) is 0 Å². The van der Waals surface area contributed by atoms with Crippen molar-refractivity contribution >= 4 is 11.8 Å². The van der Waals surface area contributed by atoms with Crippen LogP contribution >= 0.6 is 0 Å². The topological polar surface area (TPSA) is 96.9 Å². The molecule has 0 aliphatic heterocycles. The lowest BCUT2D eigenvalue weighted by Gasteiger charge is -2.55. The quantitative estimate of drug-likeness (QED) is 0.233. The number of hydrogen-bond donors (Lipinski definition) is 3. The summed E-state index contributed by atoms with van der Waals surface area (Å²) in [6.07, 6.45) is 7.30. The van der Waals surface area contributed by atoms with Gasteiger partial charge in [-0.3, -0.25) is 14.8 Å². The molecule has 2 unspecified atom stereocenters. The summed E-state index contributed by atoms with van der Waals surface area (Å²) in [5.41, 5.74) is 1.46. The first kappa shape index (κ1) is 20.6. The Labute approximate surface area is 161 Å². The molecule has 0 aromatic carbocycles. The third kappa shape index (κ3) is 4.81. The highest BCUT2D eigenvalue weighted by atomic mass is 16.7. The van der Waals surface area contributed by atoms with Crippen LogP contribution in [0.25, 0.3) is 0 Å². The zero-order chi connectivity index (χ0) is 19.4. The summed E-state index contributed by atoms with van der Waals surface area (Å²) in [6, 6.07) is -0.279. The number of carbonyl (C=O) groups is 2. The second-order valence-corrected chi connectivity index (χ2v) is 8.96. The van der Waals surface area contributed by atoms with E-state index in [9.17, 15) is 9.59 Å². The Kier molecular flexibility index (Phi) is 6.76. The van der Waals surface area contributed by atoms with Gasteiger partial charge in [-0.2, -0.15) is 0 Å². The summed E-state index contributed by atoms with van der Waals surface area (Å²) in [5, 5.41) is 12.0. The molecular formula is C20H34N2O5. The van der Waals surface area contributed by atoms with Crippen molar-refractivity contribution in [3.63, 3.8) is 0 Å². The molecule has 0 aromatic heterocycles. The van der Waals surface area contributed by atoms with E-state index >= 15 is 0 Å². The van der Waals surface area contributed by atoms with Crippen LogP contribution in [0, 0.1) is 29.1 Å². The minimum atomic E-state index is -0.450. The van der Waals surface area contributed by atoms with Gasteiger partial charge in [0.1, 0.15) is 6.79 Å². The first-order valence-corrected chi connectivity index (χ1v) is 10.4. The molecule has 27 heavy (non-hydrogen) atoms. The largest absolute Gasteiger partial charge is 0.356 e. The molecule has 3 N–H and O–H groups in total. The lowest BCUT2D eigenvalue weighted by atomic mass is 9.49. The number of ether oxygens (including phenoxy) is 2. The maximum Gasteiger partial charge on any atom is 0.246 e. The molecule has 4 fully saturated rings. The molecule has 154 valence electrons. The van der Waals surface area contributed by atoms with Crippen LogP contribution in [0.4, 0.5) is 0 Å². The Morgan fingerprint density at radius 2 is 1.70 bits per heavy atom. The number of carbonyl (C=O) groups excluding carboxylic acids is 2. The number of rotatable bonds is 10. The second kappa shape index (κ2) is 8.88. The van der Waals surface area contributed by atoms with Gasteiger partial charge in [0.25, 0.3) is 0 Å². The fraction of sp³-hybridized carbons (Fsp3) is 0.900. The maximum absolute atomic E-state index is 13.3. The van der Waals surface area contributed by atoms with E-state index in [-0.39, 0.29) is 24.2 Å². The lowest BCUT2D eigenvalue weighted by molar-refractivity contribution is -0.148. The standard InChI is InChI=1S/C20H34N2O5/c1-3-26-12-27-11-17(4-13(2)18(23)22-25)21-19(24)20-8-14-5-15(9-20)7-16(6-14)10-20/h13-17,25H,3-12H2,1-2H3,(H,21,24)(H,22,23). The molecule has 4 bridgehead atoms. The zero-order valence-electron chi connectivity index (χ0n) is 16.5. The monoisotopic (exact) mass is 382 g/mol. The second-order valence-electron chi connectivity index (χ2n) is 8.96. The highest BCUT2D eigenvalue weighted by Gasteiger charge is 2.54. The number of nitrogens with one attached hydrogen (secondary N) is 2. The van der Waals surface area contributed by atoms with Gasteiger partial charge in [0.2, 0.25) is 11.8 Å². The van der Waals surface area contributed by atoms with Crippen LogP contribution < -0.4 is 10.8 Å². The molecule has 4 aliphatic carbocycles. The molecule has 0 aromatic rings. The first-order valence-electron chi connectivity index (χ1n) is 10.4. The lowest BCUT2D eigenvalue weighted by Crippen LogP contribution is -2.56. The van der Waals surface area contributed by atoms with Crippen molar-refractivity contribution in [2.45, 2.75) is 64.8 Å². The summed E-state index contributed by atoms with van der Waals surface area (Å²) in [7, 11) is 0. The fourth-order valence-corrected chi connectivity index (χ4v) is 5.87. The molecule has 0 heterocycles. The molecule has 4 saturated carbocycles. The smallest absolute Gasteiger partial charge is 0.246 e. The van der Waals surface area contributed by atoms with E-state index < -0.39 is 11.8 Å². The first-order chi connectivity index (χ1) is 13.0. The van der Waals surface area contributed by atoms with Crippen molar-refractivity contribution in [1.82, 2.24) is 10.8 Å². The Hall–Kier alpha value is -1.18. The predicted molar refractivity (Wildman–Crippen MR) is 98.7 cm³/mol. The highest BCUT2D eigenvalue weighted by Crippen LogP contribution is 2.60. The Bertz CT molecular complexity index is 503. The minimum Gasteiger partial charge on any atom is -0.356 e. The molecule has 0 spiro atoms. The Morgan fingerprint density at radius 3 is 2.22 bits per heavy atom. The van der Waals surface area contributed by atoms with E-state index in [0.29, 0.717) is 37.4 Å². The van der Waals surface area contributed by atoms with Crippen molar-refractivity contribution < 1.29 is 24.3 Å². The Balaban J connectivity index is 1.61. The van der Waals surface area contributed by atoms with E-state index in [0.717, 1.165) is 19.3 Å². The van der Waals surface area contributed by atoms with Crippen LogP contribution in [-0.2, 0) is 19.1 Å². The summed E-state index contributed by atoms with van der Waals surface area (Å²) < 4.78 is 10.7. The summed E-state index contributed by atoms with van der Waals surface area (Å²) >= 11 is 0. The number of amides is 2. The van der Waals surface area contributed by atoms with Crippen LogP contribution in [0.3, 0.4) is 0 Å². The maximum atomic E-state index is 13.3. The predicted octanol–water partition coefficient (Wildman–Crippen LogP) is 2.23. The van der Waals surface area contributed by atoms with Gasteiger partial charge < -0.3 is 14.8 Å². The van der Waals surface area contributed by atoms with Gasteiger partial charge in [-0.15, -0.1) is 0 Å². The van der Waals surface area contributed by atoms with Gasteiger partial charge in [-0.25, -0.2) is 5.48 Å². The molecule has 0 saturated heterocycles. The molecule has 7 heteroatoms. The van der Waals surface area contributed by atoms with Gasteiger partial charge in [-0.05, 0) is 69.6 Å². The van der Waals surface area contributed by atoms with Crippen LogP contribution in [-0.4, -0.2) is 43.1 Å². The molecule has 2 amide bonds. The molecule has 7 nitrogen and oxygen atoms in total. The average molecular weight is 383 g/mol.